The maximum atomic E-state index is 10.7. The third kappa shape index (κ3) is 1.66. The molecule has 0 unspecified atom stereocenters. The standard InChI is InChI=1S/C14H12N2OS/c1-9-3-13-14(4-10(9)2)16(8-15-13)11-5-12(6-17)18-7-11/h3-8H,1-2H3. The third-order valence-corrected chi connectivity index (χ3v) is 4.01. The lowest BCUT2D eigenvalue weighted by Crippen LogP contribution is -1.90. The number of hydrogen-bond donors (Lipinski definition) is 0. The number of thiophene rings is 1. The number of fused-ring (bicyclic) bond motifs is 1. The molecule has 90 valence electrons. The van der Waals surface area contributed by atoms with Gasteiger partial charge in [-0.3, -0.25) is 9.36 Å². The average molecular weight is 256 g/mol. The summed E-state index contributed by atoms with van der Waals surface area (Å²) in [6, 6.07) is 6.11. The van der Waals surface area contributed by atoms with Gasteiger partial charge in [0.25, 0.3) is 0 Å². The summed E-state index contributed by atoms with van der Waals surface area (Å²) in [5, 5.41) is 1.97. The zero-order chi connectivity index (χ0) is 12.7. The molecule has 2 aromatic heterocycles. The highest BCUT2D eigenvalue weighted by atomic mass is 32.1. The van der Waals surface area contributed by atoms with Gasteiger partial charge in [-0.15, -0.1) is 11.3 Å². The molecule has 1 aromatic carbocycles. The Morgan fingerprint density at radius 2 is 2.00 bits per heavy atom. The highest BCUT2D eigenvalue weighted by Crippen LogP contribution is 2.24. The first kappa shape index (κ1) is 11.2. The Kier molecular flexibility index (Phi) is 2.52. The van der Waals surface area contributed by atoms with Crippen molar-refractivity contribution in [3.05, 3.63) is 45.9 Å². The predicted molar refractivity (Wildman–Crippen MR) is 73.8 cm³/mol. The van der Waals surface area contributed by atoms with Crippen LogP contribution in [0.1, 0.15) is 20.8 Å². The SMILES string of the molecule is Cc1cc2ncn(-c3csc(C=O)c3)c2cc1C. The fraction of sp³-hybridized carbons (Fsp3) is 0.143. The molecule has 3 aromatic rings. The van der Waals surface area contributed by atoms with Gasteiger partial charge in [-0.05, 0) is 43.2 Å². The first-order valence-corrected chi connectivity index (χ1v) is 6.55. The van der Waals surface area contributed by atoms with E-state index in [0.717, 1.165) is 27.9 Å². The summed E-state index contributed by atoms with van der Waals surface area (Å²) in [6.07, 6.45) is 2.68. The molecule has 0 amide bonds. The van der Waals surface area contributed by atoms with Crippen LogP contribution in [-0.2, 0) is 0 Å². The van der Waals surface area contributed by atoms with Crippen LogP contribution in [0.2, 0.25) is 0 Å². The molecule has 0 aliphatic heterocycles. The number of aromatic nitrogens is 2. The van der Waals surface area contributed by atoms with Crippen LogP contribution in [0, 0.1) is 13.8 Å². The minimum atomic E-state index is 0.732. The van der Waals surface area contributed by atoms with E-state index in [4.69, 9.17) is 0 Å². The van der Waals surface area contributed by atoms with Gasteiger partial charge in [0, 0.05) is 5.38 Å². The summed E-state index contributed by atoms with van der Waals surface area (Å²) in [6.45, 7) is 4.18. The van der Waals surface area contributed by atoms with Gasteiger partial charge in [0.15, 0.2) is 6.29 Å². The van der Waals surface area contributed by atoms with Crippen molar-refractivity contribution >= 4 is 28.7 Å². The maximum Gasteiger partial charge on any atom is 0.160 e. The summed E-state index contributed by atoms with van der Waals surface area (Å²) < 4.78 is 2.02. The molecule has 0 aliphatic rings. The lowest BCUT2D eigenvalue weighted by Gasteiger charge is -2.03. The van der Waals surface area contributed by atoms with Crippen LogP contribution in [0.4, 0.5) is 0 Å². The van der Waals surface area contributed by atoms with E-state index in [9.17, 15) is 4.79 Å². The second-order valence-electron chi connectivity index (χ2n) is 4.36. The number of hydrogen-bond acceptors (Lipinski definition) is 3. The number of aryl methyl sites for hydroxylation is 2. The smallest absolute Gasteiger partial charge is 0.160 e. The van der Waals surface area contributed by atoms with Gasteiger partial charge in [0.1, 0.15) is 6.33 Å². The van der Waals surface area contributed by atoms with E-state index in [1.54, 1.807) is 6.33 Å². The Hall–Kier alpha value is -1.94. The van der Waals surface area contributed by atoms with Gasteiger partial charge in [-0.2, -0.15) is 0 Å². The van der Waals surface area contributed by atoms with Crippen molar-refractivity contribution in [3.63, 3.8) is 0 Å². The van der Waals surface area contributed by atoms with Crippen molar-refractivity contribution in [3.8, 4) is 5.69 Å². The fourth-order valence-electron chi connectivity index (χ4n) is 2.00. The molecule has 0 spiro atoms. The van der Waals surface area contributed by atoms with Gasteiger partial charge in [0.2, 0.25) is 0 Å². The Bertz CT molecular complexity index is 739. The quantitative estimate of drug-likeness (QED) is 0.657. The Labute approximate surface area is 109 Å². The maximum absolute atomic E-state index is 10.7. The molecular formula is C14H12N2OS. The van der Waals surface area contributed by atoms with Crippen molar-refractivity contribution in [2.45, 2.75) is 13.8 Å². The predicted octanol–water partition coefficient (Wildman–Crippen LogP) is 3.52. The van der Waals surface area contributed by atoms with E-state index in [0.29, 0.717) is 0 Å². The van der Waals surface area contributed by atoms with Crippen molar-refractivity contribution < 1.29 is 4.79 Å². The van der Waals surface area contributed by atoms with Crippen molar-refractivity contribution in [1.29, 1.82) is 0 Å². The Morgan fingerprint density at radius 3 is 2.72 bits per heavy atom. The van der Waals surface area contributed by atoms with Crippen LogP contribution in [0.3, 0.4) is 0 Å². The van der Waals surface area contributed by atoms with Gasteiger partial charge < -0.3 is 0 Å². The third-order valence-electron chi connectivity index (χ3n) is 3.16. The van der Waals surface area contributed by atoms with E-state index in [1.807, 2.05) is 16.0 Å². The van der Waals surface area contributed by atoms with Crippen LogP contribution >= 0.6 is 11.3 Å². The molecule has 0 saturated carbocycles. The van der Waals surface area contributed by atoms with E-state index in [2.05, 4.69) is 31.0 Å². The number of aldehydes is 1. The van der Waals surface area contributed by atoms with Crippen LogP contribution in [0.5, 0.6) is 0 Å². The molecular weight excluding hydrogens is 244 g/mol. The first-order valence-electron chi connectivity index (χ1n) is 5.67. The lowest BCUT2D eigenvalue weighted by atomic mass is 10.1. The zero-order valence-electron chi connectivity index (χ0n) is 10.2. The topological polar surface area (TPSA) is 34.9 Å². The lowest BCUT2D eigenvalue weighted by molar-refractivity contribution is 0.112. The fourth-order valence-corrected chi connectivity index (χ4v) is 2.68. The zero-order valence-corrected chi connectivity index (χ0v) is 11.0. The van der Waals surface area contributed by atoms with Crippen molar-refractivity contribution in [2.24, 2.45) is 0 Å². The molecule has 0 fully saturated rings. The molecule has 0 N–H and O–H groups in total. The minimum Gasteiger partial charge on any atom is -0.298 e. The highest BCUT2D eigenvalue weighted by Gasteiger charge is 2.08. The summed E-state index contributed by atoms with van der Waals surface area (Å²) in [5.74, 6) is 0. The summed E-state index contributed by atoms with van der Waals surface area (Å²) in [7, 11) is 0. The Balaban J connectivity index is 2.23. The normalized spacial score (nSPS) is 11.0. The average Bonchev–Trinajstić information content (AvgIpc) is 2.96. The molecule has 3 rings (SSSR count). The van der Waals surface area contributed by atoms with Crippen LogP contribution in [0.15, 0.2) is 29.9 Å². The largest absolute Gasteiger partial charge is 0.298 e. The van der Waals surface area contributed by atoms with Crippen molar-refractivity contribution in [1.82, 2.24) is 9.55 Å². The number of carbonyl (C=O) groups excluding carboxylic acids is 1. The van der Waals surface area contributed by atoms with Gasteiger partial charge in [-0.25, -0.2) is 4.98 Å². The van der Waals surface area contributed by atoms with Gasteiger partial charge in [0.05, 0.1) is 21.6 Å². The second kappa shape index (κ2) is 4.07. The van der Waals surface area contributed by atoms with Crippen LogP contribution < -0.4 is 0 Å². The molecule has 0 saturated heterocycles. The molecule has 4 heteroatoms. The number of imidazole rings is 1. The first-order chi connectivity index (χ1) is 8.69. The van der Waals surface area contributed by atoms with E-state index < -0.39 is 0 Å². The van der Waals surface area contributed by atoms with E-state index in [-0.39, 0.29) is 0 Å². The number of benzene rings is 1. The molecule has 0 atom stereocenters. The number of carbonyl (C=O) groups is 1. The number of nitrogens with zero attached hydrogens (tertiary/aromatic N) is 2. The van der Waals surface area contributed by atoms with Gasteiger partial charge in [-0.1, -0.05) is 0 Å². The number of rotatable bonds is 2. The summed E-state index contributed by atoms with van der Waals surface area (Å²) in [5.41, 5.74) is 5.54. The minimum absolute atomic E-state index is 0.732. The molecule has 2 heterocycles. The van der Waals surface area contributed by atoms with Crippen molar-refractivity contribution in [2.75, 3.05) is 0 Å². The van der Waals surface area contributed by atoms with Gasteiger partial charge >= 0.3 is 0 Å². The van der Waals surface area contributed by atoms with E-state index >= 15 is 0 Å². The molecule has 0 bridgehead atoms. The monoisotopic (exact) mass is 256 g/mol. The molecule has 3 nitrogen and oxygen atoms in total. The summed E-state index contributed by atoms with van der Waals surface area (Å²) >= 11 is 1.45. The highest BCUT2D eigenvalue weighted by molar-refractivity contribution is 7.12. The van der Waals surface area contributed by atoms with E-state index in [1.165, 1.54) is 22.5 Å². The van der Waals surface area contributed by atoms with Crippen LogP contribution in [0.25, 0.3) is 16.7 Å². The summed E-state index contributed by atoms with van der Waals surface area (Å²) in [4.78, 5) is 15.9. The molecule has 0 aliphatic carbocycles. The molecule has 0 radical (unpaired) electrons. The molecule has 18 heavy (non-hydrogen) atoms. The van der Waals surface area contributed by atoms with Crippen LogP contribution in [-0.4, -0.2) is 15.8 Å². The Morgan fingerprint density at radius 1 is 1.22 bits per heavy atom. The second-order valence-corrected chi connectivity index (χ2v) is 5.31.